The second kappa shape index (κ2) is 5.92. The van der Waals surface area contributed by atoms with Gasteiger partial charge in [0.05, 0.1) is 16.6 Å². The molecular weight excluding hydrogens is 386 g/mol. The summed E-state index contributed by atoms with van der Waals surface area (Å²) >= 11 is 3.59. The van der Waals surface area contributed by atoms with Crippen molar-refractivity contribution in [2.75, 3.05) is 0 Å². The summed E-state index contributed by atoms with van der Waals surface area (Å²) in [4.78, 5) is 9.86. The summed E-state index contributed by atoms with van der Waals surface area (Å²) in [6, 6.07) is 23.1. The number of para-hydroxylation sites is 2. The normalized spacial score (nSPS) is 11.6. The molecule has 3 nitrogen and oxygen atoms in total. The Morgan fingerprint density at radius 3 is 2.38 bits per heavy atom. The average Bonchev–Trinajstić information content (AvgIpc) is 2.94. The van der Waals surface area contributed by atoms with Gasteiger partial charge in [0.15, 0.2) is 5.65 Å². The summed E-state index contributed by atoms with van der Waals surface area (Å²) in [5.74, 6) is 0. The fraction of sp³-hybridized carbons (Fsp3) is 0.0909. The maximum Gasteiger partial charge on any atom is 0.160 e. The molecular formula is C22H16BrN3. The summed E-state index contributed by atoms with van der Waals surface area (Å²) < 4.78 is 3.32. The molecule has 0 radical (unpaired) electrons. The van der Waals surface area contributed by atoms with Crippen molar-refractivity contribution in [1.82, 2.24) is 14.5 Å². The first-order valence-corrected chi connectivity index (χ1v) is 9.38. The quantitative estimate of drug-likeness (QED) is 0.371. The van der Waals surface area contributed by atoms with Crippen molar-refractivity contribution in [3.05, 3.63) is 82.3 Å². The molecule has 0 N–H and O–H groups in total. The molecule has 0 spiro atoms. The van der Waals surface area contributed by atoms with Crippen LogP contribution in [0, 0.1) is 6.92 Å². The van der Waals surface area contributed by atoms with E-state index in [1.807, 2.05) is 24.3 Å². The van der Waals surface area contributed by atoms with Crippen LogP contribution in [0.25, 0.3) is 33.1 Å². The first-order chi connectivity index (χ1) is 12.7. The van der Waals surface area contributed by atoms with Gasteiger partial charge in [0.25, 0.3) is 0 Å². The zero-order chi connectivity index (χ0) is 17.7. The van der Waals surface area contributed by atoms with Gasteiger partial charge in [-0.3, -0.25) is 0 Å². The van der Waals surface area contributed by atoms with Crippen molar-refractivity contribution < 1.29 is 0 Å². The lowest BCUT2D eigenvalue weighted by Gasteiger charge is -2.08. The Bertz CT molecular complexity index is 1270. The van der Waals surface area contributed by atoms with Crippen molar-refractivity contribution in [3.8, 4) is 0 Å². The summed E-state index contributed by atoms with van der Waals surface area (Å²) in [5.41, 5.74) is 7.41. The largest absolute Gasteiger partial charge is 0.319 e. The van der Waals surface area contributed by atoms with E-state index >= 15 is 0 Å². The van der Waals surface area contributed by atoms with Gasteiger partial charge in [-0.05, 0) is 42.8 Å². The highest BCUT2D eigenvalue weighted by Crippen LogP contribution is 2.31. The zero-order valence-corrected chi connectivity index (χ0v) is 15.9. The monoisotopic (exact) mass is 401 g/mol. The van der Waals surface area contributed by atoms with Gasteiger partial charge in [-0.25, -0.2) is 9.97 Å². The number of aryl methyl sites for hydroxylation is 1. The van der Waals surface area contributed by atoms with Gasteiger partial charge in [-0.15, -0.1) is 0 Å². The van der Waals surface area contributed by atoms with Gasteiger partial charge in [0, 0.05) is 16.4 Å². The molecule has 0 unspecified atom stereocenters. The number of rotatable bonds is 2. The lowest BCUT2D eigenvalue weighted by molar-refractivity contribution is 0.857. The fourth-order valence-electron chi connectivity index (χ4n) is 3.44. The number of aromatic nitrogens is 3. The van der Waals surface area contributed by atoms with Crippen LogP contribution in [0.5, 0.6) is 0 Å². The third-order valence-electron chi connectivity index (χ3n) is 4.77. The highest BCUT2D eigenvalue weighted by Gasteiger charge is 2.15. The highest BCUT2D eigenvalue weighted by atomic mass is 79.9. The van der Waals surface area contributed by atoms with E-state index in [1.54, 1.807) is 0 Å². The molecule has 2 heterocycles. The molecule has 0 aliphatic heterocycles. The van der Waals surface area contributed by atoms with Crippen LogP contribution in [0.3, 0.4) is 0 Å². The van der Waals surface area contributed by atoms with E-state index < -0.39 is 0 Å². The first kappa shape index (κ1) is 15.5. The van der Waals surface area contributed by atoms with Gasteiger partial charge in [0.1, 0.15) is 5.52 Å². The van der Waals surface area contributed by atoms with Crippen LogP contribution in [-0.2, 0) is 6.54 Å². The minimum absolute atomic E-state index is 0.773. The Kier molecular flexibility index (Phi) is 3.54. The Morgan fingerprint density at radius 2 is 1.62 bits per heavy atom. The predicted octanol–water partition coefficient (Wildman–Crippen LogP) is 5.86. The molecule has 5 aromatic rings. The summed E-state index contributed by atoms with van der Waals surface area (Å²) in [7, 11) is 0. The summed E-state index contributed by atoms with van der Waals surface area (Å²) in [5, 5.41) is 1.12. The van der Waals surface area contributed by atoms with Gasteiger partial charge in [-0.2, -0.15) is 0 Å². The van der Waals surface area contributed by atoms with E-state index in [1.165, 1.54) is 11.1 Å². The van der Waals surface area contributed by atoms with Crippen LogP contribution in [0.2, 0.25) is 0 Å². The van der Waals surface area contributed by atoms with Gasteiger partial charge in [0.2, 0.25) is 0 Å². The molecule has 0 fully saturated rings. The van der Waals surface area contributed by atoms with E-state index in [9.17, 15) is 0 Å². The maximum atomic E-state index is 4.94. The molecule has 26 heavy (non-hydrogen) atoms. The Labute approximate surface area is 159 Å². The Balaban J connectivity index is 1.83. The van der Waals surface area contributed by atoms with Crippen molar-refractivity contribution in [3.63, 3.8) is 0 Å². The molecule has 126 valence electrons. The lowest BCUT2D eigenvalue weighted by atomic mass is 10.1. The smallest absolute Gasteiger partial charge is 0.160 e. The minimum atomic E-state index is 0.773. The zero-order valence-electron chi connectivity index (χ0n) is 14.3. The Hall–Kier alpha value is -2.72. The molecule has 0 aliphatic carbocycles. The third kappa shape index (κ3) is 2.49. The van der Waals surface area contributed by atoms with E-state index in [4.69, 9.17) is 9.97 Å². The summed E-state index contributed by atoms with van der Waals surface area (Å²) in [6.07, 6.45) is 0. The predicted molar refractivity (Wildman–Crippen MR) is 111 cm³/mol. The van der Waals surface area contributed by atoms with Crippen LogP contribution in [0.4, 0.5) is 0 Å². The number of halogens is 1. The number of benzene rings is 3. The molecule has 0 bridgehead atoms. The standard InChI is InChI=1S/C22H16BrN3/c1-14-6-8-15(9-7-14)13-26-20-11-10-16(23)12-17(20)21-22(26)25-19-5-3-2-4-18(19)24-21/h2-12H,13H2,1H3. The lowest BCUT2D eigenvalue weighted by Crippen LogP contribution is -2.01. The molecule has 2 aromatic heterocycles. The van der Waals surface area contributed by atoms with Crippen LogP contribution < -0.4 is 0 Å². The number of nitrogens with zero attached hydrogens (tertiary/aromatic N) is 3. The van der Waals surface area contributed by atoms with Gasteiger partial charge >= 0.3 is 0 Å². The molecule has 3 aromatic carbocycles. The molecule has 0 amide bonds. The second-order valence-corrected chi connectivity index (χ2v) is 7.53. The fourth-order valence-corrected chi connectivity index (χ4v) is 3.80. The van der Waals surface area contributed by atoms with E-state index in [2.05, 4.69) is 69.9 Å². The SMILES string of the molecule is Cc1ccc(Cn2c3ccc(Br)cc3c3nc4ccccc4nc32)cc1. The third-order valence-corrected chi connectivity index (χ3v) is 5.27. The van der Waals surface area contributed by atoms with E-state index in [0.717, 1.165) is 44.1 Å². The molecule has 0 saturated carbocycles. The molecule has 0 atom stereocenters. The van der Waals surface area contributed by atoms with Crippen molar-refractivity contribution in [2.45, 2.75) is 13.5 Å². The van der Waals surface area contributed by atoms with Crippen LogP contribution in [0.15, 0.2) is 71.2 Å². The Morgan fingerprint density at radius 1 is 0.885 bits per heavy atom. The number of fused-ring (bicyclic) bond motifs is 4. The van der Waals surface area contributed by atoms with Crippen LogP contribution in [0.1, 0.15) is 11.1 Å². The van der Waals surface area contributed by atoms with Gasteiger partial charge < -0.3 is 4.57 Å². The second-order valence-electron chi connectivity index (χ2n) is 6.62. The van der Waals surface area contributed by atoms with Gasteiger partial charge in [-0.1, -0.05) is 57.9 Å². The molecule has 4 heteroatoms. The topological polar surface area (TPSA) is 30.7 Å². The van der Waals surface area contributed by atoms with E-state index in [-0.39, 0.29) is 0 Å². The molecule has 0 saturated heterocycles. The summed E-state index contributed by atoms with van der Waals surface area (Å²) in [6.45, 7) is 2.88. The first-order valence-electron chi connectivity index (χ1n) is 8.59. The van der Waals surface area contributed by atoms with Crippen LogP contribution in [-0.4, -0.2) is 14.5 Å². The maximum absolute atomic E-state index is 4.94. The van der Waals surface area contributed by atoms with Crippen molar-refractivity contribution in [1.29, 1.82) is 0 Å². The van der Waals surface area contributed by atoms with Crippen molar-refractivity contribution >= 4 is 49.0 Å². The van der Waals surface area contributed by atoms with Crippen molar-refractivity contribution in [2.24, 2.45) is 0 Å². The number of hydrogen-bond acceptors (Lipinski definition) is 2. The average molecular weight is 402 g/mol. The minimum Gasteiger partial charge on any atom is -0.319 e. The van der Waals surface area contributed by atoms with Crippen LogP contribution >= 0.6 is 15.9 Å². The highest BCUT2D eigenvalue weighted by molar-refractivity contribution is 9.10. The molecule has 0 aliphatic rings. The molecule has 5 rings (SSSR count). The van der Waals surface area contributed by atoms with E-state index in [0.29, 0.717) is 0 Å². The number of hydrogen-bond donors (Lipinski definition) is 0.